The van der Waals surface area contributed by atoms with Crippen LogP contribution in [0.3, 0.4) is 0 Å². The minimum atomic E-state index is 0.0969. The van der Waals surface area contributed by atoms with Crippen LogP contribution in [0.25, 0.3) is 0 Å². The molecule has 20 heavy (non-hydrogen) atoms. The summed E-state index contributed by atoms with van der Waals surface area (Å²) < 4.78 is 5.50. The fraction of sp³-hybridized carbons (Fsp3) is 0.308. The highest BCUT2D eigenvalue weighted by molar-refractivity contribution is 6.30. The molecule has 106 valence electrons. The van der Waals surface area contributed by atoms with E-state index in [0.717, 1.165) is 18.5 Å². The third-order valence-electron chi connectivity index (χ3n) is 2.38. The maximum atomic E-state index is 5.91. The van der Waals surface area contributed by atoms with E-state index in [4.69, 9.17) is 27.9 Å². The van der Waals surface area contributed by atoms with Gasteiger partial charge in [0.05, 0.1) is 0 Å². The molecule has 0 bridgehead atoms. The first-order chi connectivity index (χ1) is 9.67. The Labute approximate surface area is 127 Å². The molecule has 0 aliphatic heterocycles. The molecule has 1 aromatic heterocycles. The standard InChI is InChI=1S/C13H14Cl2N4O/c1-2-6-16-12-17-11(15)18-13(19-12)20-8-9-4-3-5-10(14)7-9/h3-5,7H,2,6,8H2,1H3,(H,16,17,18,19). The number of nitrogens with zero attached hydrogens (tertiary/aromatic N) is 3. The van der Waals surface area contributed by atoms with Crippen molar-refractivity contribution in [3.63, 3.8) is 0 Å². The van der Waals surface area contributed by atoms with Gasteiger partial charge >= 0.3 is 6.01 Å². The molecule has 1 N–H and O–H groups in total. The lowest BCUT2D eigenvalue weighted by atomic mass is 10.2. The van der Waals surface area contributed by atoms with Gasteiger partial charge in [-0.15, -0.1) is 0 Å². The molecule has 0 amide bonds. The van der Waals surface area contributed by atoms with Gasteiger partial charge < -0.3 is 10.1 Å². The highest BCUT2D eigenvalue weighted by Crippen LogP contribution is 2.15. The molecule has 0 atom stereocenters. The number of anilines is 1. The lowest BCUT2D eigenvalue weighted by molar-refractivity contribution is 0.280. The van der Waals surface area contributed by atoms with Crippen LogP contribution in [-0.4, -0.2) is 21.5 Å². The molecule has 0 saturated carbocycles. The Kier molecular flexibility index (Phi) is 5.38. The van der Waals surface area contributed by atoms with Crippen molar-refractivity contribution >= 4 is 29.2 Å². The van der Waals surface area contributed by atoms with E-state index in [1.54, 1.807) is 6.07 Å². The van der Waals surface area contributed by atoms with E-state index in [2.05, 4.69) is 20.3 Å². The lowest BCUT2D eigenvalue weighted by Gasteiger charge is -2.07. The van der Waals surface area contributed by atoms with Gasteiger partial charge in [0.2, 0.25) is 11.2 Å². The lowest BCUT2D eigenvalue weighted by Crippen LogP contribution is -2.07. The third-order valence-corrected chi connectivity index (χ3v) is 2.78. The molecular formula is C13H14Cl2N4O. The summed E-state index contributed by atoms with van der Waals surface area (Å²) in [5.41, 5.74) is 0.928. The summed E-state index contributed by atoms with van der Waals surface area (Å²) in [5.74, 6) is 0.410. The molecule has 0 aliphatic carbocycles. The van der Waals surface area contributed by atoms with Gasteiger partial charge in [0.1, 0.15) is 6.61 Å². The summed E-state index contributed by atoms with van der Waals surface area (Å²) in [7, 11) is 0. The van der Waals surface area contributed by atoms with Gasteiger partial charge in [0.25, 0.3) is 0 Å². The first-order valence-electron chi connectivity index (χ1n) is 6.20. The predicted octanol–water partition coefficient (Wildman–Crippen LogP) is 3.58. The summed E-state index contributed by atoms with van der Waals surface area (Å²) in [6, 6.07) is 7.57. The molecule has 0 radical (unpaired) electrons. The fourth-order valence-electron chi connectivity index (χ4n) is 1.49. The average molecular weight is 313 g/mol. The number of hydrogen-bond acceptors (Lipinski definition) is 5. The van der Waals surface area contributed by atoms with Crippen LogP contribution in [0.5, 0.6) is 6.01 Å². The molecule has 2 rings (SSSR count). The second kappa shape index (κ2) is 7.26. The Morgan fingerprint density at radius 2 is 2.05 bits per heavy atom. The molecule has 0 fully saturated rings. The highest BCUT2D eigenvalue weighted by Gasteiger charge is 2.06. The van der Waals surface area contributed by atoms with Crippen molar-refractivity contribution in [2.75, 3.05) is 11.9 Å². The highest BCUT2D eigenvalue weighted by atomic mass is 35.5. The normalized spacial score (nSPS) is 10.3. The minimum Gasteiger partial charge on any atom is -0.458 e. The van der Waals surface area contributed by atoms with Crippen LogP contribution in [0.15, 0.2) is 24.3 Å². The van der Waals surface area contributed by atoms with Gasteiger partial charge in [-0.1, -0.05) is 30.7 Å². The number of ether oxygens (including phenoxy) is 1. The third kappa shape index (κ3) is 4.51. The maximum absolute atomic E-state index is 5.91. The quantitative estimate of drug-likeness (QED) is 0.883. The molecule has 7 heteroatoms. The monoisotopic (exact) mass is 312 g/mol. The summed E-state index contributed by atoms with van der Waals surface area (Å²) in [6.45, 7) is 3.12. The van der Waals surface area contributed by atoms with E-state index < -0.39 is 0 Å². The van der Waals surface area contributed by atoms with Crippen LogP contribution in [0.2, 0.25) is 10.3 Å². The van der Waals surface area contributed by atoms with Gasteiger partial charge in [-0.3, -0.25) is 0 Å². The van der Waals surface area contributed by atoms with Crippen LogP contribution < -0.4 is 10.1 Å². The Morgan fingerprint density at radius 1 is 1.20 bits per heavy atom. The predicted molar refractivity (Wildman–Crippen MR) is 79.4 cm³/mol. The Hall–Kier alpha value is -1.59. The summed E-state index contributed by atoms with van der Waals surface area (Å²) in [5, 5.41) is 3.79. The van der Waals surface area contributed by atoms with Gasteiger partial charge in [-0.2, -0.15) is 15.0 Å². The van der Waals surface area contributed by atoms with Crippen molar-refractivity contribution in [3.05, 3.63) is 40.1 Å². The summed E-state index contributed by atoms with van der Waals surface area (Å²) >= 11 is 11.7. The van der Waals surface area contributed by atoms with Crippen molar-refractivity contribution in [2.24, 2.45) is 0 Å². The Balaban J connectivity index is 2.03. The summed E-state index contributed by atoms with van der Waals surface area (Å²) in [4.78, 5) is 12.0. The summed E-state index contributed by atoms with van der Waals surface area (Å²) in [6.07, 6.45) is 0.960. The van der Waals surface area contributed by atoms with Crippen molar-refractivity contribution in [1.82, 2.24) is 15.0 Å². The van der Waals surface area contributed by atoms with Crippen molar-refractivity contribution < 1.29 is 4.74 Å². The van der Waals surface area contributed by atoms with Crippen LogP contribution in [-0.2, 0) is 6.61 Å². The van der Waals surface area contributed by atoms with E-state index in [0.29, 0.717) is 17.6 Å². The van der Waals surface area contributed by atoms with Crippen LogP contribution in [0, 0.1) is 0 Å². The first-order valence-corrected chi connectivity index (χ1v) is 6.95. The number of aromatic nitrogens is 3. The molecular weight excluding hydrogens is 299 g/mol. The molecule has 0 saturated heterocycles. The van der Waals surface area contributed by atoms with Crippen LogP contribution >= 0.6 is 23.2 Å². The minimum absolute atomic E-state index is 0.0969. The van der Waals surface area contributed by atoms with Crippen molar-refractivity contribution in [2.45, 2.75) is 20.0 Å². The van der Waals surface area contributed by atoms with Gasteiger partial charge in [0, 0.05) is 11.6 Å². The molecule has 0 aliphatic rings. The van der Waals surface area contributed by atoms with Crippen LogP contribution in [0.1, 0.15) is 18.9 Å². The fourth-order valence-corrected chi connectivity index (χ4v) is 1.85. The topological polar surface area (TPSA) is 59.9 Å². The second-order valence-corrected chi connectivity index (χ2v) is 4.83. The van der Waals surface area contributed by atoms with Crippen molar-refractivity contribution in [1.29, 1.82) is 0 Å². The number of benzene rings is 1. The SMILES string of the molecule is CCCNc1nc(Cl)nc(OCc2cccc(Cl)c2)n1. The zero-order chi connectivity index (χ0) is 14.4. The van der Waals surface area contributed by atoms with Gasteiger partial charge in [-0.05, 0) is 35.7 Å². The number of hydrogen-bond donors (Lipinski definition) is 1. The Morgan fingerprint density at radius 3 is 2.80 bits per heavy atom. The average Bonchev–Trinajstić information content (AvgIpc) is 2.42. The molecule has 2 aromatic rings. The van der Waals surface area contributed by atoms with E-state index in [9.17, 15) is 0 Å². The molecule has 1 aromatic carbocycles. The molecule has 0 spiro atoms. The number of nitrogens with one attached hydrogen (secondary N) is 1. The molecule has 5 nitrogen and oxygen atoms in total. The van der Waals surface area contributed by atoms with E-state index in [-0.39, 0.29) is 11.3 Å². The Bertz CT molecular complexity index is 580. The van der Waals surface area contributed by atoms with E-state index in [1.807, 2.05) is 25.1 Å². The van der Waals surface area contributed by atoms with Crippen LogP contribution in [0.4, 0.5) is 5.95 Å². The maximum Gasteiger partial charge on any atom is 0.322 e. The van der Waals surface area contributed by atoms with Gasteiger partial charge in [-0.25, -0.2) is 0 Å². The molecule has 1 heterocycles. The van der Waals surface area contributed by atoms with Crippen molar-refractivity contribution in [3.8, 4) is 6.01 Å². The number of halogens is 2. The van der Waals surface area contributed by atoms with E-state index in [1.165, 1.54) is 0 Å². The van der Waals surface area contributed by atoms with E-state index >= 15 is 0 Å². The zero-order valence-electron chi connectivity index (χ0n) is 10.9. The first kappa shape index (κ1) is 14.8. The second-order valence-electron chi connectivity index (χ2n) is 4.06. The smallest absolute Gasteiger partial charge is 0.322 e. The largest absolute Gasteiger partial charge is 0.458 e. The molecule has 0 unspecified atom stereocenters. The number of rotatable bonds is 6. The van der Waals surface area contributed by atoms with Gasteiger partial charge in [0.15, 0.2) is 0 Å². The zero-order valence-corrected chi connectivity index (χ0v) is 12.4.